The highest BCUT2D eigenvalue weighted by Crippen LogP contribution is 2.26. The van der Waals surface area contributed by atoms with Crippen LogP contribution in [0.25, 0.3) is 17.0 Å². The molecular formula is C13H14N. The normalized spacial score (nSPS) is 10.7. The van der Waals surface area contributed by atoms with Crippen LogP contribution in [-0.4, -0.2) is 4.57 Å². The van der Waals surface area contributed by atoms with Crippen molar-refractivity contribution in [2.75, 3.05) is 0 Å². The van der Waals surface area contributed by atoms with Crippen LogP contribution in [0.2, 0.25) is 0 Å². The molecule has 0 fully saturated rings. The summed E-state index contributed by atoms with van der Waals surface area (Å²) in [5.74, 6) is 0. The van der Waals surface area contributed by atoms with Crippen molar-refractivity contribution in [1.82, 2.24) is 4.57 Å². The summed E-state index contributed by atoms with van der Waals surface area (Å²) in [6.45, 7) is 10.9. The monoisotopic (exact) mass is 184 g/mol. The molecule has 0 aliphatic carbocycles. The van der Waals surface area contributed by atoms with E-state index in [-0.39, 0.29) is 0 Å². The quantitative estimate of drug-likeness (QED) is 0.674. The molecule has 1 aromatic heterocycles. The van der Waals surface area contributed by atoms with Crippen molar-refractivity contribution in [2.45, 2.75) is 20.4 Å². The average Bonchev–Trinajstić information content (AvgIpc) is 2.49. The summed E-state index contributed by atoms with van der Waals surface area (Å²) < 4.78 is 2.29. The fraction of sp³-hybridized carbons (Fsp3) is 0.231. The molecule has 1 nitrogen and oxygen atoms in total. The maximum atomic E-state index is 5.65. The van der Waals surface area contributed by atoms with Crippen LogP contribution in [0.4, 0.5) is 0 Å². The second kappa shape index (κ2) is 3.33. The SMILES string of the molecule is [CH]=Cc1c(C)n(CC)c2ccccc12. The van der Waals surface area contributed by atoms with E-state index in [0.717, 1.165) is 12.1 Å². The summed E-state index contributed by atoms with van der Waals surface area (Å²) >= 11 is 0. The summed E-state index contributed by atoms with van der Waals surface area (Å²) in [6.07, 6.45) is 1.70. The number of para-hydroxylation sites is 1. The average molecular weight is 184 g/mol. The Morgan fingerprint density at radius 1 is 1.36 bits per heavy atom. The van der Waals surface area contributed by atoms with E-state index in [1.165, 1.54) is 16.6 Å². The van der Waals surface area contributed by atoms with Crippen molar-refractivity contribution in [3.8, 4) is 0 Å². The fourth-order valence-corrected chi connectivity index (χ4v) is 2.08. The van der Waals surface area contributed by atoms with Gasteiger partial charge in [-0.2, -0.15) is 0 Å². The van der Waals surface area contributed by atoms with E-state index >= 15 is 0 Å². The molecular weight excluding hydrogens is 170 g/mol. The van der Waals surface area contributed by atoms with Crippen LogP contribution in [-0.2, 0) is 6.54 Å². The van der Waals surface area contributed by atoms with Gasteiger partial charge in [0.05, 0.1) is 0 Å². The number of nitrogens with zero attached hydrogens (tertiary/aromatic N) is 1. The Morgan fingerprint density at radius 3 is 2.71 bits per heavy atom. The molecule has 1 aromatic carbocycles. The zero-order valence-corrected chi connectivity index (χ0v) is 8.62. The Labute approximate surface area is 84.7 Å². The number of hydrogen-bond acceptors (Lipinski definition) is 0. The summed E-state index contributed by atoms with van der Waals surface area (Å²) in [5.41, 5.74) is 3.67. The number of aryl methyl sites for hydroxylation is 1. The molecule has 0 unspecified atom stereocenters. The zero-order chi connectivity index (χ0) is 10.1. The van der Waals surface area contributed by atoms with E-state index < -0.39 is 0 Å². The van der Waals surface area contributed by atoms with Crippen molar-refractivity contribution < 1.29 is 0 Å². The molecule has 1 heterocycles. The zero-order valence-electron chi connectivity index (χ0n) is 8.62. The molecule has 0 amide bonds. The molecule has 14 heavy (non-hydrogen) atoms. The Hall–Kier alpha value is -1.50. The highest BCUT2D eigenvalue weighted by Gasteiger charge is 2.08. The number of rotatable bonds is 2. The van der Waals surface area contributed by atoms with E-state index in [4.69, 9.17) is 6.58 Å². The van der Waals surface area contributed by atoms with Gasteiger partial charge in [-0.25, -0.2) is 0 Å². The number of aromatic nitrogens is 1. The van der Waals surface area contributed by atoms with E-state index in [9.17, 15) is 0 Å². The van der Waals surface area contributed by atoms with E-state index in [1.54, 1.807) is 6.08 Å². The van der Waals surface area contributed by atoms with Gasteiger partial charge in [0, 0.05) is 28.7 Å². The van der Waals surface area contributed by atoms with Gasteiger partial charge in [-0.15, -0.1) is 0 Å². The van der Waals surface area contributed by atoms with Gasteiger partial charge in [0.25, 0.3) is 0 Å². The molecule has 0 atom stereocenters. The van der Waals surface area contributed by atoms with Gasteiger partial charge in [-0.1, -0.05) is 30.9 Å². The van der Waals surface area contributed by atoms with Crippen LogP contribution in [0, 0.1) is 13.5 Å². The highest BCUT2D eigenvalue weighted by atomic mass is 15.0. The molecule has 0 aliphatic rings. The first-order valence-electron chi connectivity index (χ1n) is 4.92. The van der Waals surface area contributed by atoms with Gasteiger partial charge in [-0.05, 0) is 19.9 Å². The molecule has 0 aliphatic heterocycles. The Kier molecular flexibility index (Phi) is 2.16. The van der Waals surface area contributed by atoms with Crippen LogP contribution < -0.4 is 0 Å². The second-order valence-corrected chi connectivity index (χ2v) is 3.43. The maximum absolute atomic E-state index is 5.65. The predicted octanol–water partition coefficient (Wildman–Crippen LogP) is 3.42. The van der Waals surface area contributed by atoms with E-state index in [1.807, 2.05) is 0 Å². The van der Waals surface area contributed by atoms with Crippen LogP contribution >= 0.6 is 0 Å². The van der Waals surface area contributed by atoms with Crippen molar-refractivity contribution in [3.05, 3.63) is 42.1 Å². The minimum atomic E-state index is 0.986. The molecule has 2 rings (SSSR count). The third-order valence-electron chi connectivity index (χ3n) is 2.76. The lowest BCUT2D eigenvalue weighted by Crippen LogP contribution is -1.95. The molecule has 2 aromatic rings. The largest absolute Gasteiger partial charge is 0.345 e. The van der Waals surface area contributed by atoms with E-state index in [0.29, 0.717) is 0 Å². The van der Waals surface area contributed by atoms with Crippen molar-refractivity contribution >= 4 is 17.0 Å². The third-order valence-corrected chi connectivity index (χ3v) is 2.76. The summed E-state index contributed by atoms with van der Waals surface area (Å²) in [6, 6.07) is 8.37. The van der Waals surface area contributed by atoms with Gasteiger partial charge in [0.2, 0.25) is 0 Å². The summed E-state index contributed by atoms with van der Waals surface area (Å²) in [4.78, 5) is 0. The molecule has 0 saturated heterocycles. The molecule has 1 radical (unpaired) electrons. The first-order valence-corrected chi connectivity index (χ1v) is 4.92. The van der Waals surface area contributed by atoms with Gasteiger partial charge >= 0.3 is 0 Å². The van der Waals surface area contributed by atoms with Crippen molar-refractivity contribution in [2.24, 2.45) is 0 Å². The van der Waals surface area contributed by atoms with Crippen molar-refractivity contribution in [1.29, 1.82) is 0 Å². The molecule has 0 bridgehead atoms. The molecule has 0 N–H and O–H groups in total. The Morgan fingerprint density at radius 2 is 2.07 bits per heavy atom. The molecule has 71 valence electrons. The molecule has 0 spiro atoms. The smallest absolute Gasteiger partial charge is 0.0488 e. The molecule has 1 heteroatoms. The number of benzene rings is 1. The maximum Gasteiger partial charge on any atom is 0.0488 e. The van der Waals surface area contributed by atoms with Gasteiger partial charge in [0.1, 0.15) is 0 Å². The Bertz CT molecular complexity index is 477. The molecule has 0 saturated carbocycles. The first-order chi connectivity index (χ1) is 6.79. The minimum absolute atomic E-state index is 0.986. The summed E-state index contributed by atoms with van der Waals surface area (Å²) in [7, 11) is 0. The van der Waals surface area contributed by atoms with E-state index in [2.05, 4.69) is 42.7 Å². The van der Waals surface area contributed by atoms with Gasteiger partial charge < -0.3 is 4.57 Å². The summed E-state index contributed by atoms with van der Waals surface area (Å²) in [5, 5.41) is 1.24. The predicted molar refractivity (Wildman–Crippen MR) is 61.1 cm³/mol. The lowest BCUT2D eigenvalue weighted by Gasteiger charge is -2.02. The number of fused-ring (bicyclic) bond motifs is 1. The minimum Gasteiger partial charge on any atom is -0.345 e. The van der Waals surface area contributed by atoms with Crippen molar-refractivity contribution in [3.63, 3.8) is 0 Å². The highest BCUT2D eigenvalue weighted by molar-refractivity contribution is 5.90. The standard InChI is InChI=1S/C13H14N/c1-4-11-10(3)14(5-2)13-9-7-6-8-12(11)13/h1,4,6-9H,5H2,2-3H3. The Balaban J connectivity index is 2.91. The van der Waals surface area contributed by atoms with Crippen LogP contribution in [0.1, 0.15) is 18.2 Å². The topological polar surface area (TPSA) is 4.93 Å². The lowest BCUT2D eigenvalue weighted by atomic mass is 10.1. The van der Waals surface area contributed by atoms with Crippen LogP contribution in [0.15, 0.2) is 24.3 Å². The van der Waals surface area contributed by atoms with Crippen LogP contribution in [0.3, 0.4) is 0 Å². The first kappa shape index (κ1) is 9.07. The third kappa shape index (κ3) is 1.09. The second-order valence-electron chi connectivity index (χ2n) is 3.43. The van der Waals surface area contributed by atoms with Gasteiger partial charge in [-0.3, -0.25) is 0 Å². The van der Waals surface area contributed by atoms with Crippen LogP contribution in [0.5, 0.6) is 0 Å². The fourth-order valence-electron chi connectivity index (χ4n) is 2.08. The lowest BCUT2D eigenvalue weighted by molar-refractivity contribution is 0.769. The number of hydrogen-bond donors (Lipinski definition) is 0. The van der Waals surface area contributed by atoms with Gasteiger partial charge in [0.15, 0.2) is 0 Å².